The Morgan fingerprint density at radius 1 is 1.31 bits per heavy atom. The average molecular weight is 176 g/mol. The molecule has 0 bridgehead atoms. The molecule has 0 saturated carbocycles. The standard InChI is InChI=1S/C11H16N2/c1-2-6-13-11(3-1)9-10-4-7-12-8-5-10/h4-5,7-8,11,13H,1-3,6,9H2. The van der Waals surface area contributed by atoms with E-state index in [0.29, 0.717) is 6.04 Å². The van der Waals surface area contributed by atoms with Crippen LogP contribution in [0.25, 0.3) is 0 Å². The van der Waals surface area contributed by atoms with E-state index in [2.05, 4.69) is 22.4 Å². The lowest BCUT2D eigenvalue weighted by Crippen LogP contribution is -2.35. The normalized spacial score (nSPS) is 22.9. The summed E-state index contributed by atoms with van der Waals surface area (Å²) in [5.74, 6) is 0. The van der Waals surface area contributed by atoms with Gasteiger partial charge in [-0.25, -0.2) is 0 Å². The summed E-state index contributed by atoms with van der Waals surface area (Å²) in [6, 6.07) is 4.91. The Kier molecular flexibility index (Phi) is 2.93. The van der Waals surface area contributed by atoms with Gasteiger partial charge < -0.3 is 5.32 Å². The minimum absolute atomic E-state index is 0.691. The van der Waals surface area contributed by atoms with Crippen LogP contribution in [0, 0.1) is 0 Å². The van der Waals surface area contributed by atoms with Crippen molar-refractivity contribution >= 4 is 0 Å². The van der Waals surface area contributed by atoms with Crippen molar-refractivity contribution in [1.82, 2.24) is 10.3 Å². The zero-order chi connectivity index (χ0) is 8.93. The first-order valence-corrected chi connectivity index (χ1v) is 5.07. The maximum Gasteiger partial charge on any atom is 0.0270 e. The van der Waals surface area contributed by atoms with Crippen molar-refractivity contribution in [3.05, 3.63) is 30.1 Å². The van der Waals surface area contributed by atoms with Gasteiger partial charge in [0.25, 0.3) is 0 Å². The van der Waals surface area contributed by atoms with Gasteiger partial charge in [-0.2, -0.15) is 0 Å². The molecule has 1 aliphatic rings. The fraction of sp³-hybridized carbons (Fsp3) is 0.545. The molecule has 1 aromatic heterocycles. The van der Waals surface area contributed by atoms with Crippen molar-refractivity contribution in [3.8, 4) is 0 Å². The number of nitrogens with one attached hydrogen (secondary N) is 1. The van der Waals surface area contributed by atoms with E-state index >= 15 is 0 Å². The Morgan fingerprint density at radius 3 is 2.85 bits per heavy atom. The van der Waals surface area contributed by atoms with Gasteiger partial charge in [0, 0.05) is 18.4 Å². The Morgan fingerprint density at radius 2 is 2.15 bits per heavy atom. The van der Waals surface area contributed by atoms with Crippen LogP contribution in [0.1, 0.15) is 24.8 Å². The van der Waals surface area contributed by atoms with Crippen LogP contribution < -0.4 is 5.32 Å². The van der Waals surface area contributed by atoms with Crippen LogP contribution >= 0.6 is 0 Å². The van der Waals surface area contributed by atoms with Crippen molar-refractivity contribution in [2.45, 2.75) is 31.7 Å². The predicted molar refractivity (Wildman–Crippen MR) is 53.6 cm³/mol. The average Bonchev–Trinajstić information content (AvgIpc) is 2.21. The number of nitrogens with zero attached hydrogens (tertiary/aromatic N) is 1. The molecule has 2 nitrogen and oxygen atoms in total. The highest BCUT2D eigenvalue weighted by molar-refractivity contribution is 5.11. The summed E-state index contributed by atoms with van der Waals surface area (Å²) in [4.78, 5) is 4.02. The molecule has 70 valence electrons. The molecule has 0 radical (unpaired) electrons. The van der Waals surface area contributed by atoms with Crippen molar-refractivity contribution in [2.75, 3.05) is 6.54 Å². The summed E-state index contributed by atoms with van der Waals surface area (Å²) >= 11 is 0. The molecule has 1 N–H and O–H groups in total. The molecule has 2 heteroatoms. The van der Waals surface area contributed by atoms with E-state index in [1.807, 2.05) is 12.4 Å². The van der Waals surface area contributed by atoms with Gasteiger partial charge in [0.1, 0.15) is 0 Å². The number of aromatic nitrogens is 1. The van der Waals surface area contributed by atoms with Gasteiger partial charge in [-0.15, -0.1) is 0 Å². The van der Waals surface area contributed by atoms with Gasteiger partial charge >= 0.3 is 0 Å². The largest absolute Gasteiger partial charge is 0.314 e. The molecule has 0 aliphatic carbocycles. The molecule has 2 heterocycles. The van der Waals surface area contributed by atoms with Gasteiger partial charge in [0.2, 0.25) is 0 Å². The fourth-order valence-electron chi connectivity index (χ4n) is 1.90. The summed E-state index contributed by atoms with van der Waals surface area (Å²) in [5.41, 5.74) is 1.40. The Bertz CT molecular complexity index is 240. The van der Waals surface area contributed by atoms with Crippen molar-refractivity contribution in [3.63, 3.8) is 0 Å². The number of piperidine rings is 1. The van der Waals surface area contributed by atoms with E-state index < -0.39 is 0 Å². The third-order valence-electron chi connectivity index (χ3n) is 2.64. The van der Waals surface area contributed by atoms with Crippen LogP contribution in [0.4, 0.5) is 0 Å². The molecule has 2 rings (SSSR count). The minimum Gasteiger partial charge on any atom is -0.314 e. The topological polar surface area (TPSA) is 24.9 Å². The molecule has 1 unspecified atom stereocenters. The molecule has 1 fully saturated rings. The summed E-state index contributed by atoms with van der Waals surface area (Å²) in [6.45, 7) is 1.19. The first kappa shape index (κ1) is 8.70. The first-order valence-electron chi connectivity index (χ1n) is 5.07. The molecule has 1 atom stereocenters. The molecule has 0 spiro atoms. The number of hydrogen-bond donors (Lipinski definition) is 1. The van der Waals surface area contributed by atoms with E-state index in [-0.39, 0.29) is 0 Å². The van der Waals surface area contributed by atoms with Gasteiger partial charge in [-0.05, 0) is 43.5 Å². The molecule has 0 amide bonds. The van der Waals surface area contributed by atoms with Crippen LogP contribution in [-0.4, -0.2) is 17.6 Å². The number of hydrogen-bond acceptors (Lipinski definition) is 2. The Labute approximate surface area is 79.4 Å². The first-order chi connectivity index (χ1) is 6.45. The lowest BCUT2D eigenvalue weighted by atomic mass is 9.98. The van der Waals surface area contributed by atoms with Crippen LogP contribution in [0.15, 0.2) is 24.5 Å². The zero-order valence-electron chi connectivity index (χ0n) is 7.87. The lowest BCUT2D eigenvalue weighted by Gasteiger charge is -2.23. The van der Waals surface area contributed by atoms with E-state index in [9.17, 15) is 0 Å². The second kappa shape index (κ2) is 4.38. The highest BCUT2D eigenvalue weighted by atomic mass is 14.9. The summed E-state index contributed by atoms with van der Waals surface area (Å²) in [6.07, 6.45) is 8.94. The van der Waals surface area contributed by atoms with Gasteiger partial charge in [-0.3, -0.25) is 4.98 Å². The highest BCUT2D eigenvalue weighted by Crippen LogP contribution is 2.11. The Balaban J connectivity index is 1.90. The SMILES string of the molecule is c1cc(CC2CCCCN2)ccn1. The lowest BCUT2D eigenvalue weighted by molar-refractivity contribution is 0.399. The summed E-state index contributed by atoms with van der Waals surface area (Å²) in [7, 11) is 0. The maximum atomic E-state index is 4.02. The summed E-state index contributed by atoms with van der Waals surface area (Å²) in [5, 5.41) is 3.55. The molecule has 1 aliphatic heterocycles. The molecular weight excluding hydrogens is 160 g/mol. The van der Waals surface area contributed by atoms with Gasteiger partial charge in [-0.1, -0.05) is 6.42 Å². The minimum atomic E-state index is 0.691. The van der Waals surface area contributed by atoms with Crippen LogP contribution in [-0.2, 0) is 6.42 Å². The second-order valence-electron chi connectivity index (χ2n) is 3.71. The molecule has 1 saturated heterocycles. The third-order valence-corrected chi connectivity index (χ3v) is 2.64. The van der Waals surface area contributed by atoms with Gasteiger partial charge in [0.15, 0.2) is 0 Å². The highest BCUT2D eigenvalue weighted by Gasteiger charge is 2.12. The van der Waals surface area contributed by atoms with Crippen LogP contribution in [0.3, 0.4) is 0 Å². The maximum absolute atomic E-state index is 4.02. The van der Waals surface area contributed by atoms with E-state index in [1.54, 1.807) is 0 Å². The van der Waals surface area contributed by atoms with Crippen molar-refractivity contribution in [1.29, 1.82) is 0 Å². The van der Waals surface area contributed by atoms with Crippen LogP contribution in [0.5, 0.6) is 0 Å². The third kappa shape index (κ3) is 2.52. The zero-order valence-corrected chi connectivity index (χ0v) is 7.87. The van der Waals surface area contributed by atoms with E-state index in [1.165, 1.54) is 31.4 Å². The van der Waals surface area contributed by atoms with Crippen molar-refractivity contribution < 1.29 is 0 Å². The van der Waals surface area contributed by atoms with E-state index in [0.717, 1.165) is 6.42 Å². The number of pyridine rings is 1. The molecule has 13 heavy (non-hydrogen) atoms. The van der Waals surface area contributed by atoms with Gasteiger partial charge in [0.05, 0.1) is 0 Å². The smallest absolute Gasteiger partial charge is 0.0270 e. The van der Waals surface area contributed by atoms with Crippen LogP contribution in [0.2, 0.25) is 0 Å². The Hall–Kier alpha value is -0.890. The quantitative estimate of drug-likeness (QED) is 0.742. The molecular formula is C11H16N2. The monoisotopic (exact) mass is 176 g/mol. The fourth-order valence-corrected chi connectivity index (χ4v) is 1.90. The second-order valence-corrected chi connectivity index (χ2v) is 3.71. The predicted octanol–water partition coefficient (Wildman–Crippen LogP) is 1.77. The van der Waals surface area contributed by atoms with E-state index in [4.69, 9.17) is 0 Å². The molecule has 0 aromatic carbocycles. The van der Waals surface area contributed by atoms with Crippen molar-refractivity contribution in [2.24, 2.45) is 0 Å². The number of rotatable bonds is 2. The summed E-state index contributed by atoms with van der Waals surface area (Å²) < 4.78 is 0. The molecule has 1 aromatic rings.